The van der Waals surface area contributed by atoms with Crippen molar-refractivity contribution in [2.75, 3.05) is 0 Å². The second-order valence-corrected chi connectivity index (χ2v) is 6.95. The van der Waals surface area contributed by atoms with Crippen LogP contribution in [0, 0.1) is 41.5 Å². The van der Waals surface area contributed by atoms with E-state index < -0.39 is 0 Å². The molecule has 3 heterocycles. The molecule has 4 rings (SSSR count). The van der Waals surface area contributed by atoms with E-state index in [-0.39, 0.29) is 0 Å². The van der Waals surface area contributed by atoms with Crippen molar-refractivity contribution in [3.8, 4) is 5.69 Å². The van der Waals surface area contributed by atoms with Crippen molar-refractivity contribution in [2.24, 2.45) is 0 Å². The zero-order valence-electron chi connectivity index (χ0n) is 14.7. The number of rotatable bonds is 1. The van der Waals surface area contributed by atoms with Gasteiger partial charge in [0.1, 0.15) is 22.5 Å². The molecule has 0 fully saturated rings. The van der Waals surface area contributed by atoms with Crippen LogP contribution in [-0.2, 0) is 0 Å². The Morgan fingerprint density at radius 2 is 1.58 bits per heavy atom. The molecule has 0 radical (unpaired) electrons. The highest BCUT2D eigenvalue weighted by Gasteiger charge is 2.21. The molecule has 0 aliphatic rings. The standard InChI is InChI=1S/C18H19N5S/c1-8-7-9(2)17(16-15(8)21-24-22-16)23-12(5)10(3)14-11(4)19-13(6)20-18(14)23/h7H,1-6H3. The topological polar surface area (TPSA) is 56.5 Å². The minimum Gasteiger partial charge on any atom is -0.296 e. The maximum absolute atomic E-state index is 4.76. The fraction of sp³-hybridized carbons (Fsp3) is 0.333. The van der Waals surface area contributed by atoms with Gasteiger partial charge in [-0.15, -0.1) is 0 Å². The second-order valence-electron chi connectivity index (χ2n) is 6.42. The van der Waals surface area contributed by atoms with Crippen molar-refractivity contribution in [1.82, 2.24) is 23.3 Å². The van der Waals surface area contributed by atoms with Gasteiger partial charge >= 0.3 is 0 Å². The smallest absolute Gasteiger partial charge is 0.149 e. The Hall–Kier alpha value is -2.34. The lowest BCUT2D eigenvalue weighted by molar-refractivity contribution is 0.980. The van der Waals surface area contributed by atoms with Gasteiger partial charge in [-0.05, 0) is 58.2 Å². The summed E-state index contributed by atoms with van der Waals surface area (Å²) >= 11 is 1.26. The van der Waals surface area contributed by atoms with Crippen molar-refractivity contribution in [2.45, 2.75) is 41.5 Å². The van der Waals surface area contributed by atoms with E-state index in [1.807, 2.05) is 6.92 Å². The lowest BCUT2D eigenvalue weighted by Crippen LogP contribution is -2.04. The van der Waals surface area contributed by atoms with Gasteiger partial charge in [-0.25, -0.2) is 9.97 Å². The molecule has 0 N–H and O–H groups in total. The first-order valence-corrected chi connectivity index (χ1v) is 8.69. The average Bonchev–Trinajstić information content (AvgIpc) is 3.07. The quantitative estimate of drug-likeness (QED) is 0.520. The molecule has 1 aromatic carbocycles. The van der Waals surface area contributed by atoms with Crippen molar-refractivity contribution in [3.05, 3.63) is 40.0 Å². The predicted octanol–water partition coefficient (Wildman–Crippen LogP) is 4.28. The predicted molar refractivity (Wildman–Crippen MR) is 98.3 cm³/mol. The van der Waals surface area contributed by atoms with Crippen LogP contribution in [0.3, 0.4) is 0 Å². The van der Waals surface area contributed by atoms with E-state index in [0.29, 0.717) is 0 Å². The molecule has 0 saturated heterocycles. The van der Waals surface area contributed by atoms with Crippen LogP contribution in [0.25, 0.3) is 27.8 Å². The molecule has 6 heteroatoms. The van der Waals surface area contributed by atoms with Gasteiger partial charge < -0.3 is 0 Å². The normalized spacial score (nSPS) is 11.8. The van der Waals surface area contributed by atoms with Gasteiger partial charge in [0.25, 0.3) is 0 Å². The molecule has 4 aromatic rings. The third kappa shape index (κ3) is 1.92. The van der Waals surface area contributed by atoms with Gasteiger partial charge in [-0.3, -0.25) is 4.57 Å². The Morgan fingerprint density at radius 3 is 2.33 bits per heavy atom. The number of aryl methyl sites for hydroxylation is 5. The number of hydrogen-bond donors (Lipinski definition) is 0. The first kappa shape index (κ1) is 15.2. The zero-order valence-corrected chi connectivity index (χ0v) is 15.5. The van der Waals surface area contributed by atoms with Crippen LogP contribution in [0.2, 0.25) is 0 Å². The molecule has 0 aliphatic carbocycles. The maximum atomic E-state index is 4.76. The maximum Gasteiger partial charge on any atom is 0.149 e. The second kappa shape index (κ2) is 5.08. The molecule has 5 nitrogen and oxygen atoms in total. The first-order chi connectivity index (χ1) is 11.4. The van der Waals surface area contributed by atoms with Gasteiger partial charge in [-0.2, -0.15) is 8.75 Å². The summed E-state index contributed by atoms with van der Waals surface area (Å²) in [6.45, 7) is 12.5. The summed E-state index contributed by atoms with van der Waals surface area (Å²) in [5.41, 5.74) is 9.72. The number of aromatic nitrogens is 5. The summed E-state index contributed by atoms with van der Waals surface area (Å²) in [4.78, 5) is 9.31. The Labute approximate surface area is 144 Å². The SMILES string of the molecule is Cc1nc(C)c2c(C)c(C)n(-c3c(C)cc(C)c4nsnc34)c2n1. The highest BCUT2D eigenvalue weighted by Crippen LogP contribution is 2.34. The molecule has 0 saturated carbocycles. The van der Waals surface area contributed by atoms with E-state index in [4.69, 9.17) is 4.98 Å². The molecule has 122 valence electrons. The number of nitrogens with zero attached hydrogens (tertiary/aromatic N) is 5. The molecule has 0 unspecified atom stereocenters. The van der Waals surface area contributed by atoms with E-state index in [0.717, 1.165) is 44.8 Å². The van der Waals surface area contributed by atoms with Crippen LogP contribution >= 0.6 is 11.7 Å². The Kier molecular flexibility index (Phi) is 3.22. The minimum absolute atomic E-state index is 0.788. The van der Waals surface area contributed by atoms with E-state index in [2.05, 4.69) is 59.0 Å². The molecular weight excluding hydrogens is 318 g/mol. The number of fused-ring (bicyclic) bond motifs is 2. The average molecular weight is 337 g/mol. The molecule has 0 bridgehead atoms. The van der Waals surface area contributed by atoms with Gasteiger partial charge in [-0.1, -0.05) is 6.07 Å². The van der Waals surface area contributed by atoms with Crippen LogP contribution in [0.5, 0.6) is 0 Å². The molecule has 0 atom stereocenters. The van der Waals surface area contributed by atoms with Gasteiger partial charge in [0, 0.05) is 11.1 Å². The summed E-state index contributed by atoms with van der Waals surface area (Å²) in [5, 5.41) is 1.13. The van der Waals surface area contributed by atoms with Crippen molar-refractivity contribution < 1.29 is 0 Å². The monoisotopic (exact) mass is 337 g/mol. The summed E-state index contributed by atoms with van der Waals surface area (Å²) < 4.78 is 11.3. The fourth-order valence-electron chi connectivity index (χ4n) is 3.61. The number of hydrogen-bond acceptors (Lipinski definition) is 5. The van der Waals surface area contributed by atoms with Crippen LogP contribution in [0.15, 0.2) is 6.07 Å². The Balaban J connectivity index is 2.24. The molecule has 3 aromatic heterocycles. The molecule has 0 amide bonds. The summed E-state index contributed by atoms with van der Waals surface area (Å²) in [5.74, 6) is 0.788. The largest absolute Gasteiger partial charge is 0.296 e. The highest BCUT2D eigenvalue weighted by atomic mass is 32.1. The van der Waals surface area contributed by atoms with Crippen LogP contribution in [-0.4, -0.2) is 23.3 Å². The van der Waals surface area contributed by atoms with E-state index in [9.17, 15) is 0 Å². The van der Waals surface area contributed by atoms with Crippen LogP contribution in [0.1, 0.15) is 33.9 Å². The molecule has 0 aliphatic heterocycles. The molecule has 0 spiro atoms. The van der Waals surface area contributed by atoms with E-state index in [1.54, 1.807) is 0 Å². The third-order valence-electron chi connectivity index (χ3n) is 4.76. The van der Waals surface area contributed by atoms with E-state index >= 15 is 0 Å². The van der Waals surface area contributed by atoms with Gasteiger partial charge in [0.05, 0.1) is 23.1 Å². The molecule has 24 heavy (non-hydrogen) atoms. The Morgan fingerprint density at radius 1 is 0.875 bits per heavy atom. The molecular formula is C18H19N5S. The number of benzene rings is 1. The van der Waals surface area contributed by atoms with Crippen molar-refractivity contribution in [1.29, 1.82) is 0 Å². The third-order valence-corrected chi connectivity index (χ3v) is 5.29. The fourth-order valence-corrected chi connectivity index (χ4v) is 4.22. The summed E-state index contributed by atoms with van der Waals surface area (Å²) in [6.07, 6.45) is 0. The van der Waals surface area contributed by atoms with Crippen molar-refractivity contribution in [3.63, 3.8) is 0 Å². The zero-order chi connectivity index (χ0) is 17.2. The van der Waals surface area contributed by atoms with Gasteiger partial charge in [0.15, 0.2) is 0 Å². The first-order valence-electron chi connectivity index (χ1n) is 7.95. The minimum atomic E-state index is 0.788. The highest BCUT2D eigenvalue weighted by molar-refractivity contribution is 7.00. The van der Waals surface area contributed by atoms with Gasteiger partial charge in [0.2, 0.25) is 0 Å². The van der Waals surface area contributed by atoms with Crippen LogP contribution < -0.4 is 0 Å². The lowest BCUT2D eigenvalue weighted by Gasteiger charge is -2.13. The lowest BCUT2D eigenvalue weighted by atomic mass is 10.1. The van der Waals surface area contributed by atoms with E-state index in [1.165, 1.54) is 28.5 Å². The Bertz CT molecular complexity index is 1120. The summed E-state index contributed by atoms with van der Waals surface area (Å²) in [7, 11) is 0. The van der Waals surface area contributed by atoms with Crippen LogP contribution in [0.4, 0.5) is 0 Å². The van der Waals surface area contributed by atoms with Crippen molar-refractivity contribution >= 4 is 33.8 Å². The summed E-state index contributed by atoms with van der Waals surface area (Å²) in [6, 6.07) is 2.18.